The molecule has 2 aromatic heterocycles. The van der Waals surface area contributed by atoms with Crippen molar-refractivity contribution in [1.82, 2.24) is 9.97 Å². The van der Waals surface area contributed by atoms with E-state index in [9.17, 15) is 4.79 Å². The molecule has 0 aliphatic rings. The first-order chi connectivity index (χ1) is 8.47. The molecule has 7 heteroatoms. The first-order valence-corrected chi connectivity index (χ1v) is 5.34. The number of aryl methyl sites for hydroxylation is 1. The van der Waals surface area contributed by atoms with Gasteiger partial charge in [-0.05, 0) is 19.1 Å². The van der Waals surface area contributed by atoms with Gasteiger partial charge in [0, 0.05) is 20.2 Å². The summed E-state index contributed by atoms with van der Waals surface area (Å²) in [6.07, 6.45) is 0. The molecule has 0 saturated heterocycles. The van der Waals surface area contributed by atoms with Crippen molar-refractivity contribution in [2.75, 3.05) is 19.0 Å². The van der Waals surface area contributed by atoms with Crippen LogP contribution in [0.1, 0.15) is 17.7 Å². The zero-order valence-electron chi connectivity index (χ0n) is 12.3. The average Bonchev–Trinajstić information content (AvgIpc) is 2.75. The Labute approximate surface area is 124 Å². The van der Waals surface area contributed by atoms with E-state index in [0.29, 0.717) is 17.4 Å². The number of aromatic carboxylic acids is 1. The maximum Gasteiger partial charge on any atom is 1.00 e. The fourth-order valence-corrected chi connectivity index (χ4v) is 1.44. The number of hydrogen-bond acceptors (Lipinski definition) is 5. The molecule has 0 aliphatic carbocycles. The van der Waals surface area contributed by atoms with Gasteiger partial charge in [-0.25, -0.2) is 14.8 Å². The molecular weight excluding hydrogens is 241 g/mol. The van der Waals surface area contributed by atoms with Crippen LogP contribution in [0.3, 0.4) is 0 Å². The number of hydrogen-bond donors (Lipinski definition) is 1. The third-order valence-electron chi connectivity index (χ3n) is 2.33. The van der Waals surface area contributed by atoms with Crippen molar-refractivity contribution < 1.29 is 34.6 Å². The molecule has 0 fully saturated rings. The van der Waals surface area contributed by atoms with Gasteiger partial charge in [-0.1, -0.05) is 0 Å². The second-order valence-electron chi connectivity index (χ2n) is 4.05. The number of aromatic nitrogens is 2. The Kier molecular flexibility index (Phi) is 4.76. The van der Waals surface area contributed by atoms with Gasteiger partial charge in [0.05, 0.1) is 0 Å². The summed E-state index contributed by atoms with van der Waals surface area (Å²) in [5.41, 5.74) is 0.400. The van der Waals surface area contributed by atoms with Crippen LogP contribution < -0.4 is 23.8 Å². The van der Waals surface area contributed by atoms with Gasteiger partial charge in [0.15, 0.2) is 11.5 Å². The van der Waals surface area contributed by atoms with Crippen LogP contribution >= 0.6 is 0 Å². The minimum Gasteiger partial charge on any atom is -1.00 e. The Morgan fingerprint density at radius 2 is 2.05 bits per heavy atom. The topological polar surface area (TPSA) is 79.5 Å². The number of carboxylic acid groups (broad SMARTS) is 1. The number of nitrogens with zero attached hydrogens (tertiary/aromatic N) is 3. The fourth-order valence-electron chi connectivity index (χ4n) is 1.44. The van der Waals surface area contributed by atoms with E-state index in [1.165, 1.54) is 6.07 Å². The van der Waals surface area contributed by atoms with Gasteiger partial charge < -0.3 is 15.9 Å². The van der Waals surface area contributed by atoms with Crippen LogP contribution in [0.15, 0.2) is 22.6 Å². The van der Waals surface area contributed by atoms with Gasteiger partial charge >= 0.3 is 24.8 Å². The van der Waals surface area contributed by atoms with Crippen LogP contribution in [0.4, 0.5) is 5.95 Å². The molecular formula is C12H14LiN3O3. The predicted molar refractivity (Wildman–Crippen MR) is 66.9 cm³/mol. The summed E-state index contributed by atoms with van der Waals surface area (Å²) in [5, 5.41) is 9.03. The van der Waals surface area contributed by atoms with Crippen LogP contribution in [0.25, 0.3) is 11.5 Å². The van der Waals surface area contributed by atoms with Crippen LogP contribution in [0.2, 0.25) is 0 Å². The monoisotopic (exact) mass is 255 g/mol. The van der Waals surface area contributed by atoms with Crippen LogP contribution in [-0.2, 0) is 0 Å². The van der Waals surface area contributed by atoms with E-state index in [0.717, 1.165) is 5.76 Å². The van der Waals surface area contributed by atoms with E-state index < -0.39 is 5.97 Å². The largest absolute Gasteiger partial charge is 1.00 e. The molecule has 0 unspecified atom stereocenters. The molecule has 1 N–H and O–H groups in total. The molecule has 96 valence electrons. The normalized spacial score (nSPS) is 9.84. The van der Waals surface area contributed by atoms with Gasteiger partial charge in [0.1, 0.15) is 11.5 Å². The molecule has 2 rings (SSSR count). The number of carboxylic acids is 1. The number of anilines is 1. The fraction of sp³-hybridized carbons (Fsp3) is 0.250. The third kappa shape index (κ3) is 3.37. The van der Waals surface area contributed by atoms with Crippen molar-refractivity contribution in [2.45, 2.75) is 6.92 Å². The Morgan fingerprint density at radius 1 is 1.37 bits per heavy atom. The molecule has 0 aliphatic heterocycles. The molecule has 0 saturated carbocycles. The second-order valence-corrected chi connectivity index (χ2v) is 4.05. The van der Waals surface area contributed by atoms with Crippen LogP contribution in [-0.4, -0.2) is 35.1 Å². The van der Waals surface area contributed by atoms with E-state index >= 15 is 0 Å². The summed E-state index contributed by atoms with van der Waals surface area (Å²) in [6.45, 7) is 1.82. The molecule has 0 bridgehead atoms. The SMILES string of the molecule is Cc1ccc(-c2cc(C(=O)O)nc(N(C)C)n2)o1.[H-].[Li+]. The Balaban J connectivity index is 0.00000180. The zero-order valence-corrected chi connectivity index (χ0v) is 11.3. The van der Waals surface area contributed by atoms with Crippen LogP contribution in [0, 0.1) is 6.92 Å². The number of carbonyl (C=O) groups is 1. The van der Waals surface area contributed by atoms with E-state index in [1.54, 1.807) is 31.1 Å². The minimum absolute atomic E-state index is 0. The zero-order chi connectivity index (χ0) is 13.3. The predicted octanol–water partition coefficient (Wildman–Crippen LogP) is -1.07. The Bertz CT molecular complexity index is 601. The first-order valence-electron chi connectivity index (χ1n) is 5.34. The van der Waals surface area contributed by atoms with Crippen molar-refractivity contribution in [3.05, 3.63) is 29.7 Å². The minimum atomic E-state index is -1.09. The maximum atomic E-state index is 11.0. The quantitative estimate of drug-likeness (QED) is 0.703. The van der Waals surface area contributed by atoms with Crippen molar-refractivity contribution in [2.24, 2.45) is 0 Å². The molecule has 19 heavy (non-hydrogen) atoms. The number of furan rings is 1. The average molecular weight is 255 g/mol. The van der Waals surface area contributed by atoms with Crippen molar-refractivity contribution in [1.29, 1.82) is 0 Å². The molecule has 0 aromatic carbocycles. The standard InChI is InChI=1S/C12H13N3O3.Li.H/c1-7-4-5-10(18-7)8-6-9(11(16)17)14-12(13-8)15(2)3;;/h4-6H,1-3H3,(H,16,17);;/q;+1;-1. The van der Waals surface area contributed by atoms with Gasteiger partial charge in [-0.3, -0.25) is 0 Å². The molecule has 0 amide bonds. The molecule has 2 heterocycles. The van der Waals surface area contributed by atoms with E-state index in [-0.39, 0.29) is 26.0 Å². The summed E-state index contributed by atoms with van der Waals surface area (Å²) >= 11 is 0. The smallest absolute Gasteiger partial charge is 1.00 e. The summed E-state index contributed by atoms with van der Waals surface area (Å²) in [6, 6.07) is 4.95. The van der Waals surface area contributed by atoms with Crippen molar-refractivity contribution in [3.63, 3.8) is 0 Å². The summed E-state index contributed by atoms with van der Waals surface area (Å²) in [4.78, 5) is 20.9. The van der Waals surface area contributed by atoms with Crippen molar-refractivity contribution in [3.8, 4) is 11.5 Å². The molecule has 6 nitrogen and oxygen atoms in total. The third-order valence-corrected chi connectivity index (χ3v) is 2.33. The van der Waals surface area contributed by atoms with Crippen molar-refractivity contribution >= 4 is 11.9 Å². The second kappa shape index (κ2) is 5.91. The molecule has 0 atom stereocenters. The molecule has 2 aromatic rings. The van der Waals surface area contributed by atoms with Gasteiger partial charge in [-0.2, -0.15) is 0 Å². The maximum absolute atomic E-state index is 11.0. The van der Waals surface area contributed by atoms with Gasteiger partial charge in [0.2, 0.25) is 5.95 Å². The summed E-state index contributed by atoms with van der Waals surface area (Å²) in [5.74, 6) is 0.511. The van der Waals surface area contributed by atoms with E-state index in [1.807, 2.05) is 6.92 Å². The summed E-state index contributed by atoms with van der Waals surface area (Å²) in [7, 11) is 3.50. The van der Waals surface area contributed by atoms with Crippen LogP contribution in [0.5, 0.6) is 0 Å². The first kappa shape index (κ1) is 15.3. The van der Waals surface area contributed by atoms with E-state index in [4.69, 9.17) is 9.52 Å². The summed E-state index contributed by atoms with van der Waals surface area (Å²) < 4.78 is 5.44. The molecule has 0 spiro atoms. The van der Waals surface area contributed by atoms with Gasteiger partial charge in [0.25, 0.3) is 0 Å². The van der Waals surface area contributed by atoms with Gasteiger partial charge in [-0.15, -0.1) is 0 Å². The molecule has 0 radical (unpaired) electrons. The Morgan fingerprint density at radius 3 is 2.53 bits per heavy atom. The number of rotatable bonds is 3. The Hall–Kier alpha value is -1.77. The van der Waals surface area contributed by atoms with E-state index in [2.05, 4.69) is 9.97 Å².